The van der Waals surface area contributed by atoms with Gasteiger partial charge in [-0.1, -0.05) is 24.3 Å². The first kappa shape index (κ1) is 32.4. The molecule has 1 amide bonds. The fraction of sp³-hybridized carbons (Fsp3) is 0.375. The third-order valence-corrected chi connectivity index (χ3v) is 6.29. The van der Waals surface area contributed by atoms with Gasteiger partial charge in [-0.05, 0) is 79.4 Å². The fourth-order valence-electron chi connectivity index (χ4n) is 4.01. The summed E-state index contributed by atoms with van der Waals surface area (Å²) in [6, 6.07) is 20.1. The first-order chi connectivity index (χ1) is 20.4. The summed E-state index contributed by atoms with van der Waals surface area (Å²) in [5.74, 6) is 0.366. The van der Waals surface area contributed by atoms with Crippen molar-refractivity contribution in [2.45, 2.75) is 38.9 Å². The second kappa shape index (κ2) is 17.6. The number of carbonyl (C=O) groups is 2. The van der Waals surface area contributed by atoms with Gasteiger partial charge in [0.2, 0.25) is 0 Å². The highest BCUT2D eigenvalue weighted by Gasteiger charge is 2.18. The Bertz CT molecular complexity index is 1220. The van der Waals surface area contributed by atoms with E-state index in [2.05, 4.69) is 0 Å². The van der Waals surface area contributed by atoms with Crippen molar-refractivity contribution in [2.75, 3.05) is 40.0 Å². The Balaban J connectivity index is 1.49. The number of hydrogen-bond donors (Lipinski definition) is 1. The predicted molar refractivity (Wildman–Crippen MR) is 155 cm³/mol. The van der Waals surface area contributed by atoms with E-state index in [4.69, 9.17) is 23.7 Å². The normalized spacial score (nSPS) is 11.5. The van der Waals surface area contributed by atoms with Crippen LogP contribution in [0.1, 0.15) is 30.9 Å². The first-order valence-corrected chi connectivity index (χ1v) is 13.9. The van der Waals surface area contributed by atoms with Crippen LogP contribution in [0.15, 0.2) is 72.8 Å². The molecule has 3 aromatic carbocycles. The number of rotatable bonds is 18. The van der Waals surface area contributed by atoms with E-state index in [-0.39, 0.29) is 18.8 Å². The number of hydrogen-bond acceptors (Lipinski definition) is 7. The predicted octanol–water partition coefficient (Wildman–Crippen LogP) is 5.74. The summed E-state index contributed by atoms with van der Waals surface area (Å²) < 4.78 is 40.6. The Morgan fingerprint density at radius 1 is 0.833 bits per heavy atom. The van der Waals surface area contributed by atoms with Crippen LogP contribution >= 0.6 is 0 Å². The Hall–Kier alpha value is -4.15. The number of carboxylic acid groups (broad SMARTS) is 1. The lowest BCUT2D eigenvalue weighted by Crippen LogP contribution is -2.37. The summed E-state index contributed by atoms with van der Waals surface area (Å²) in [7, 11) is 1.56. The van der Waals surface area contributed by atoms with Crippen LogP contribution in [0, 0.1) is 5.82 Å². The highest BCUT2D eigenvalue weighted by atomic mass is 19.1. The van der Waals surface area contributed by atoms with Crippen LogP contribution in [-0.4, -0.2) is 68.2 Å². The minimum absolute atomic E-state index is 0.231. The zero-order valence-corrected chi connectivity index (χ0v) is 24.0. The Labute approximate surface area is 245 Å². The summed E-state index contributed by atoms with van der Waals surface area (Å²) in [5.41, 5.74) is 1.71. The van der Waals surface area contributed by atoms with Crippen molar-refractivity contribution in [2.24, 2.45) is 0 Å². The lowest BCUT2D eigenvalue weighted by molar-refractivity contribution is -0.149. The van der Waals surface area contributed by atoms with Gasteiger partial charge in [0.25, 0.3) is 0 Å². The summed E-state index contributed by atoms with van der Waals surface area (Å²) in [6.45, 7) is 3.91. The minimum Gasteiger partial charge on any atom is -0.497 e. The third kappa shape index (κ3) is 11.4. The second-order valence-electron chi connectivity index (χ2n) is 9.40. The molecule has 0 heterocycles. The SMILES string of the molecule is CCOC(Cc1ccc(OCCN(CCCCOCc2ccc(F)cc2)C(=O)Oc2ccc(OC)cc2)cc1)C(=O)O. The lowest BCUT2D eigenvalue weighted by atomic mass is 10.1. The zero-order valence-electron chi connectivity index (χ0n) is 24.0. The zero-order chi connectivity index (χ0) is 30.2. The standard InChI is InChI=1S/C32H38FNO8/c1-3-40-30(31(35)36)22-24-8-12-28(13-9-24)41-21-19-34(32(37)42-29-16-14-27(38-2)15-17-29)18-4-5-20-39-23-25-6-10-26(33)11-7-25/h6-17,30H,3-5,18-23H2,1-2H3,(H,35,36). The van der Waals surface area contributed by atoms with Crippen molar-refractivity contribution in [3.63, 3.8) is 0 Å². The van der Waals surface area contributed by atoms with Crippen molar-refractivity contribution in [3.05, 3.63) is 89.7 Å². The average Bonchev–Trinajstić information content (AvgIpc) is 2.99. The van der Waals surface area contributed by atoms with Gasteiger partial charge in [-0.2, -0.15) is 0 Å². The Morgan fingerprint density at radius 3 is 2.12 bits per heavy atom. The van der Waals surface area contributed by atoms with Crippen molar-refractivity contribution in [1.82, 2.24) is 4.90 Å². The van der Waals surface area contributed by atoms with Crippen molar-refractivity contribution < 1.29 is 42.8 Å². The number of benzene rings is 3. The molecule has 0 fully saturated rings. The maximum Gasteiger partial charge on any atom is 0.415 e. The van der Waals surface area contributed by atoms with Gasteiger partial charge in [-0.15, -0.1) is 0 Å². The fourth-order valence-corrected chi connectivity index (χ4v) is 4.01. The highest BCUT2D eigenvalue weighted by molar-refractivity contribution is 5.72. The molecule has 0 spiro atoms. The van der Waals surface area contributed by atoms with Crippen LogP contribution in [0.25, 0.3) is 0 Å². The van der Waals surface area contributed by atoms with Crippen LogP contribution in [0.3, 0.4) is 0 Å². The average molecular weight is 584 g/mol. The molecule has 42 heavy (non-hydrogen) atoms. The maximum atomic E-state index is 13.1. The van der Waals surface area contributed by atoms with Gasteiger partial charge in [0, 0.05) is 26.2 Å². The van der Waals surface area contributed by atoms with Crippen LogP contribution in [-0.2, 0) is 27.3 Å². The molecule has 0 radical (unpaired) electrons. The Kier molecular flexibility index (Phi) is 13.6. The van der Waals surface area contributed by atoms with Crippen LogP contribution in [0.4, 0.5) is 9.18 Å². The van der Waals surface area contributed by atoms with Gasteiger partial charge < -0.3 is 33.7 Å². The van der Waals surface area contributed by atoms with E-state index in [1.807, 2.05) is 0 Å². The van der Waals surface area contributed by atoms with Crippen LogP contribution < -0.4 is 14.2 Å². The van der Waals surface area contributed by atoms with Gasteiger partial charge >= 0.3 is 12.1 Å². The molecule has 0 aromatic heterocycles. The lowest BCUT2D eigenvalue weighted by Gasteiger charge is -2.22. The van der Waals surface area contributed by atoms with E-state index in [1.165, 1.54) is 12.1 Å². The number of ether oxygens (including phenoxy) is 5. The summed E-state index contributed by atoms with van der Waals surface area (Å²) >= 11 is 0. The third-order valence-electron chi connectivity index (χ3n) is 6.29. The number of methoxy groups -OCH3 is 1. The van der Waals surface area contributed by atoms with E-state index < -0.39 is 18.2 Å². The smallest absolute Gasteiger partial charge is 0.415 e. The first-order valence-electron chi connectivity index (χ1n) is 13.9. The molecule has 0 aliphatic carbocycles. The van der Waals surface area contributed by atoms with Crippen LogP contribution in [0.5, 0.6) is 17.2 Å². The van der Waals surface area contributed by atoms with Gasteiger partial charge in [0.15, 0.2) is 6.10 Å². The summed E-state index contributed by atoms with van der Waals surface area (Å²) in [4.78, 5) is 25.9. The largest absolute Gasteiger partial charge is 0.497 e. The molecule has 0 aliphatic heterocycles. The molecule has 0 saturated heterocycles. The highest BCUT2D eigenvalue weighted by Crippen LogP contribution is 2.19. The van der Waals surface area contributed by atoms with E-state index in [0.717, 1.165) is 17.5 Å². The topological polar surface area (TPSA) is 104 Å². The molecular formula is C32H38FNO8. The van der Waals surface area contributed by atoms with Crippen molar-refractivity contribution in [3.8, 4) is 17.2 Å². The molecule has 0 bridgehead atoms. The molecule has 0 saturated carbocycles. The molecule has 1 unspecified atom stereocenters. The summed E-state index contributed by atoms with van der Waals surface area (Å²) in [6.07, 6.45) is 0.250. The second-order valence-corrected chi connectivity index (χ2v) is 9.40. The summed E-state index contributed by atoms with van der Waals surface area (Å²) in [5, 5.41) is 9.29. The maximum absolute atomic E-state index is 13.1. The molecule has 1 N–H and O–H groups in total. The molecule has 10 heteroatoms. The van der Waals surface area contributed by atoms with E-state index in [0.29, 0.717) is 56.6 Å². The molecule has 226 valence electrons. The van der Waals surface area contributed by atoms with E-state index in [1.54, 1.807) is 79.6 Å². The van der Waals surface area contributed by atoms with Gasteiger partial charge in [0.05, 0.1) is 20.3 Å². The molecule has 1 atom stereocenters. The number of carboxylic acids is 1. The van der Waals surface area contributed by atoms with E-state index >= 15 is 0 Å². The quantitative estimate of drug-likeness (QED) is 0.189. The number of aliphatic carboxylic acids is 1. The number of halogens is 1. The number of unbranched alkanes of at least 4 members (excludes halogenated alkanes) is 1. The molecular weight excluding hydrogens is 545 g/mol. The van der Waals surface area contributed by atoms with Crippen molar-refractivity contribution in [1.29, 1.82) is 0 Å². The van der Waals surface area contributed by atoms with Crippen molar-refractivity contribution >= 4 is 12.1 Å². The molecule has 9 nitrogen and oxygen atoms in total. The van der Waals surface area contributed by atoms with Gasteiger partial charge in [-0.3, -0.25) is 0 Å². The monoisotopic (exact) mass is 583 g/mol. The number of amides is 1. The molecule has 0 aliphatic rings. The minimum atomic E-state index is -1.00. The van der Waals surface area contributed by atoms with E-state index in [9.17, 15) is 19.1 Å². The molecule has 3 aromatic rings. The number of nitrogens with zero attached hydrogens (tertiary/aromatic N) is 1. The van der Waals surface area contributed by atoms with Gasteiger partial charge in [-0.25, -0.2) is 14.0 Å². The number of carbonyl (C=O) groups excluding carboxylic acids is 1. The van der Waals surface area contributed by atoms with Crippen LogP contribution in [0.2, 0.25) is 0 Å². The van der Waals surface area contributed by atoms with Gasteiger partial charge in [0.1, 0.15) is 29.7 Å². The Morgan fingerprint density at radius 2 is 1.48 bits per heavy atom. The molecule has 3 rings (SSSR count).